The number of rotatable bonds is 8. The number of halogens is 2. The van der Waals surface area contributed by atoms with Gasteiger partial charge in [-0.15, -0.1) is 0 Å². The molecule has 192 valence electrons. The van der Waals surface area contributed by atoms with E-state index in [1.165, 1.54) is 36.2 Å². The summed E-state index contributed by atoms with van der Waals surface area (Å²) in [7, 11) is 0. The van der Waals surface area contributed by atoms with E-state index < -0.39 is 30.0 Å². The van der Waals surface area contributed by atoms with Gasteiger partial charge in [0.1, 0.15) is 30.5 Å². The van der Waals surface area contributed by atoms with Crippen LogP contribution in [-0.4, -0.2) is 45.8 Å². The Morgan fingerprint density at radius 3 is 2.76 bits per heavy atom. The minimum atomic E-state index is -1.29. The summed E-state index contributed by atoms with van der Waals surface area (Å²) in [6, 6.07) is 6.74. The summed E-state index contributed by atoms with van der Waals surface area (Å²) in [5.41, 5.74) is 3.06. The van der Waals surface area contributed by atoms with Crippen LogP contribution in [0.15, 0.2) is 55.4 Å². The molecule has 0 bridgehead atoms. The van der Waals surface area contributed by atoms with Crippen LogP contribution in [0.1, 0.15) is 31.1 Å². The van der Waals surface area contributed by atoms with Crippen molar-refractivity contribution < 1.29 is 23.1 Å². The van der Waals surface area contributed by atoms with E-state index in [0.717, 1.165) is 17.2 Å². The number of aromatic nitrogens is 3. The summed E-state index contributed by atoms with van der Waals surface area (Å²) in [6.45, 7) is 8.46. The van der Waals surface area contributed by atoms with Gasteiger partial charge in [-0.25, -0.2) is 18.6 Å². The second-order valence-corrected chi connectivity index (χ2v) is 8.61. The van der Waals surface area contributed by atoms with Gasteiger partial charge < -0.3 is 15.4 Å². The van der Waals surface area contributed by atoms with Gasteiger partial charge in [0.15, 0.2) is 0 Å². The third kappa shape index (κ3) is 5.55. The number of ether oxygens (including phenoxy) is 1. The molecule has 37 heavy (non-hydrogen) atoms. The maximum absolute atomic E-state index is 14.1. The highest BCUT2D eigenvalue weighted by molar-refractivity contribution is 5.99. The van der Waals surface area contributed by atoms with Crippen molar-refractivity contribution >= 4 is 29.5 Å². The molecule has 0 aliphatic carbocycles. The largest absolute Gasteiger partial charge is 0.447 e. The minimum Gasteiger partial charge on any atom is -0.447 e. The van der Waals surface area contributed by atoms with Gasteiger partial charge >= 0.3 is 6.09 Å². The molecule has 0 spiro atoms. The number of alkyl halides is 1. The molecule has 2 aromatic heterocycles. The molecule has 3 atom stereocenters. The number of nitrogens with zero attached hydrogens (tertiary/aromatic N) is 4. The number of aryl methyl sites for hydroxylation is 1. The molecule has 1 fully saturated rings. The van der Waals surface area contributed by atoms with Crippen molar-refractivity contribution in [2.75, 3.05) is 22.1 Å². The van der Waals surface area contributed by atoms with E-state index in [9.17, 15) is 18.4 Å². The third-order valence-electron chi connectivity index (χ3n) is 5.97. The number of benzene rings is 1. The van der Waals surface area contributed by atoms with Crippen molar-refractivity contribution in [3.05, 3.63) is 72.5 Å². The summed E-state index contributed by atoms with van der Waals surface area (Å²) in [4.78, 5) is 38.1. The van der Waals surface area contributed by atoms with Gasteiger partial charge in [0.05, 0.1) is 17.4 Å². The zero-order valence-corrected chi connectivity index (χ0v) is 20.5. The van der Waals surface area contributed by atoms with E-state index in [0.29, 0.717) is 11.3 Å². The van der Waals surface area contributed by atoms with E-state index in [1.807, 2.05) is 19.9 Å². The van der Waals surface area contributed by atoms with Gasteiger partial charge in [-0.3, -0.25) is 14.7 Å². The van der Waals surface area contributed by atoms with E-state index >= 15 is 0 Å². The van der Waals surface area contributed by atoms with Crippen molar-refractivity contribution in [3.63, 3.8) is 0 Å². The van der Waals surface area contributed by atoms with E-state index in [1.54, 1.807) is 12.3 Å². The average Bonchev–Trinajstić information content (AvgIpc) is 3.27. The molecule has 1 saturated heterocycles. The zero-order valence-electron chi connectivity index (χ0n) is 20.5. The fourth-order valence-electron chi connectivity index (χ4n) is 3.95. The molecule has 3 heterocycles. The molecule has 0 unspecified atom stereocenters. The molecular weight excluding hydrogens is 482 g/mol. The first-order valence-electron chi connectivity index (χ1n) is 11.6. The summed E-state index contributed by atoms with van der Waals surface area (Å²) in [6.07, 6.45) is 2.26. The van der Waals surface area contributed by atoms with Crippen molar-refractivity contribution in [2.45, 2.75) is 39.0 Å². The van der Waals surface area contributed by atoms with Gasteiger partial charge in [-0.2, -0.15) is 4.98 Å². The SMILES string of the molecule is C=CC(=O)Nc1cc(-c2cnc([C@H](C)Nc3nccc(N4C(=O)OC[C@@H]4[C@H](C)F)n3)cc2C)ccc1F. The second kappa shape index (κ2) is 10.7. The van der Waals surface area contributed by atoms with E-state index in [4.69, 9.17) is 4.74 Å². The minimum absolute atomic E-state index is 0.0456. The van der Waals surface area contributed by atoms with Crippen LogP contribution in [0.4, 0.5) is 31.0 Å². The first-order chi connectivity index (χ1) is 17.7. The number of hydrogen-bond donors (Lipinski definition) is 2. The summed E-state index contributed by atoms with van der Waals surface area (Å²) < 4.78 is 33.1. The number of hydrogen-bond acceptors (Lipinski definition) is 7. The normalized spacial score (nSPS) is 16.6. The first kappa shape index (κ1) is 25.7. The van der Waals surface area contributed by atoms with Crippen LogP contribution in [0.2, 0.25) is 0 Å². The number of amides is 2. The Labute approximate surface area is 212 Å². The molecule has 3 aromatic rings. The lowest BCUT2D eigenvalue weighted by Gasteiger charge is -2.22. The quantitative estimate of drug-likeness (QED) is 0.414. The van der Waals surface area contributed by atoms with E-state index in [-0.39, 0.29) is 30.1 Å². The highest BCUT2D eigenvalue weighted by Crippen LogP contribution is 2.29. The smallest absolute Gasteiger partial charge is 0.416 e. The monoisotopic (exact) mass is 508 g/mol. The highest BCUT2D eigenvalue weighted by atomic mass is 19.1. The van der Waals surface area contributed by atoms with Crippen molar-refractivity contribution in [3.8, 4) is 11.1 Å². The Bertz CT molecular complexity index is 1350. The predicted molar refractivity (Wildman–Crippen MR) is 135 cm³/mol. The molecule has 11 heteroatoms. The maximum atomic E-state index is 14.1. The molecule has 1 aromatic carbocycles. The number of cyclic esters (lactones) is 1. The van der Waals surface area contributed by atoms with Crippen molar-refractivity contribution in [1.82, 2.24) is 15.0 Å². The molecule has 1 aliphatic heterocycles. The standard InChI is InChI=1S/C26H26F2N6O3/c1-5-24(35)32-21-11-17(6-7-19(21)28)18-12-30-20(10-14(18)2)16(4)31-25-29-9-8-23(33-25)34-22(15(3)27)13-37-26(34)36/h5-12,15-16,22H,1,13H2,2-4H3,(H,32,35)(H,29,31,33)/t15-,16-,22+/m0/s1. The second-order valence-electron chi connectivity index (χ2n) is 8.61. The van der Waals surface area contributed by atoms with Gasteiger partial charge in [0.25, 0.3) is 0 Å². The zero-order chi connectivity index (χ0) is 26.7. The van der Waals surface area contributed by atoms with Crippen LogP contribution in [0.5, 0.6) is 0 Å². The van der Waals surface area contributed by atoms with Crippen molar-refractivity contribution in [2.24, 2.45) is 0 Å². The molecule has 2 amide bonds. The van der Waals surface area contributed by atoms with Crippen molar-refractivity contribution in [1.29, 1.82) is 0 Å². The molecule has 9 nitrogen and oxygen atoms in total. The maximum Gasteiger partial charge on any atom is 0.416 e. The fourth-order valence-corrected chi connectivity index (χ4v) is 3.95. The lowest BCUT2D eigenvalue weighted by Crippen LogP contribution is -2.39. The summed E-state index contributed by atoms with van der Waals surface area (Å²) >= 11 is 0. The van der Waals surface area contributed by atoms with Crippen LogP contribution in [-0.2, 0) is 9.53 Å². The Hall–Kier alpha value is -4.41. The predicted octanol–water partition coefficient (Wildman–Crippen LogP) is 4.97. The average molecular weight is 509 g/mol. The van der Waals surface area contributed by atoms with Crippen LogP contribution < -0.4 is 15.5 Å². The molecular formula is C26H26F2N6O3. The topological polar surface area (TPSA) is 109 Å². The Balaban J connectivity index is 1.53. The van der Waals surface area contributed by atoms with Crippen LogP contribution >= 0.6 is 0 Å². The lowest BCUT2D eigenvalue weighted by atomic mass is 10.0. The van der Waals surface area contributed by atoms with Gasteiger partial charge in [0, 0.05) is 18.0 Å². The molecule has 0 saturated carbocycles. The lowest BCUT2D eigenvalue weighted by molar-refractivity contribution is -0.111. The van der Waals surface area contributed by atoms with Crippen LogP contribution in [0, 0.1) is 12.7 Å². The molecule has 4 rings (SSSR count). The number of anilines is 3. The summed E-state index contributed by atoms with van der Waals surface area (Å²) in [5, 5.41) is 5.60. The van der Waals surface area contributed by atoms with Crippen LogP contribution in [0.3, 0.4) is 0 Å². The number of carbonyl (C=O) groups is 2. The first-order valence-corrected chi connectivity index (χ1v) is 11.6. The molecule has 1 aliphatic rings. The molecule has 0 radical (unpaired) electrons. The van der Waals surface area contributed by atoms with Crippen LogP contribution in [0.25, 0.3) is 11.1 Å². The Morgan fingerprint density at radius 1 is 1.27 bits per heavy atom. The number of pyridine rings is 1. The van der Waals surface area contributed by atoms with Gasteiger partial charge in [-0.1, -0.05) is 12.6 Å². The molecule has 2 N–H and O–H groups in total. The van der Waals surface area contributed by atoms with Gasteiger partial charge in [-0.05, 0) is 62.2 Å². The highest BCUT2D eigenvalue weighted by Gasteiger charge is 2.39. The van der Waals surface area contributed by atoms with Gasteiger partial charge in [0.2, 0.25) is 11.9 Å². The van der Waals surface area contributed by atoms with E-state index in [2.05, 4.69) is 32.2 Å². The fraction of sp³-hybridized carbons (Fsp3) is 0.269. The number of carbonyl (C=O) groups excluding carboxylic acids is 2. The number of nitrogens with one attached hydrogen (secondary N) is 2. The third-order valence-corrected chi connectivity index (χ3v) is 5.97. The Morgan fingerprint density at radius 2 is 2.05 bits per heavy atom. The summed E-state index contributed by atoms with van der Waals surface area (Å²) in [5.74, 6) is -0.601. The Kier molecular flexibility index (Phi) is 7.42.